The highest BCUT2D eigenvalue weighted by molar-refractivity contribution is 5.85. The van der Waals surface area contributed by atoms with Crippen LogP contribution in [0.15, 0.2) is 115 Å². The largest absolute Gasteiger partial charge is 0.478 e. The van der Waals surface area contributed by atoms with Crippen molar-refractivity contribution in [2.24, 2.45) is 0 Å². The summed E-state index contributed by atoms with van der Waals surface area (Å²) in [6.45, 7) is 10.8. The maximum atomic E-state index is 11.0. The highest BCUT2D eigenvalue weighted by Crippen LogP contribution is 2.38. The van der Waals surface area contributed by atoms with Crippen molar-refractivity contribution in [2.75, 3.05) is 4.90 Å². The average Bonchev–Trinajstić information content (AvgIpc) is 2.94. The fourth-order valence-electron chi connectivity index (χ4n) is 5.79. The third-order valence-corrected chi connectivity index (χ3v) is 7.50. The van der Waals surface area contributed by atoms with Crippen LogP contribution in [0, 0.1) is 34.6 Å². The van der Waals surface area contributed by atoms with Crippen LogP contribution in [-0.2, 0) is 4.79 Å². The van der Waals surface area contributed by atoms with Gasteiger partial charge in [0, 0.05) is 29.1 Å². The highest BCUT2D eigenvalue weighted by atomic mass is 16.4. The third kappa shape index (κ3) is 6.70. The van der Waals surface area contributed by atoms with Crippen LogP contribution in [0.4, 0.5) is 17.1 Å². The molecule has 42 heavy (non-hydrogen) atoms. The first-order valence-corrected chi connectivity index (χ1v) is 14.3. The van der Waals surface area contributed by atoms with Crippen LogP contribution in [0.3, 0.4) is 0 Å². The van der Waals surface area contributed by atoms with Crippen molar-refractivity contribution in [3.63, 3.8) is 0 Å². The van der Waals surface area contributed by atoms with Gasteiger partial charge >= 0.3 is 5.97 Å². The van der Waals surface area contributed by atoms with Crippen LogP contribution in [0.25, 0.3) is 6.08 Å². The first-order chi connectivity index (χ1) is 20.2. The Morgan fingerprint density at radius 3 is 1.38 bits per heavy atom. The lowest BCUT2D eigenvalue weighted by Crippen LogP contribution is -2.11. The molecule has 0 aliphatic rings. The first kappa shape index (κ1) is 28.6. The summed E-state index contributed by atoms with van der Waals surface area (Å²) in [5.41, 5.74) is 14.1. The molecule has 0 bridgehead atoms. The van der Waals surface area contributed by atoms with Crippen molar-refractivity contribution in [1.29, 1.82) is 0 Å². The van der Waals surface area contributed by atoms with Gasteiger partial charge in [0.2, 0.25) is 0 Å². The summed E-state index contributed by atoms with van der Waals surface area (Å²) in [6, 6.07) is 39.1. The number of anilines is 3. The molecule has 5 rings (SSSR count). The number of aryl methyl sites for hydroxylation is 5. The molecule has 0 fully saturated rings. The van der Waals surface area contributed by atoms with Gasteiger partial charge in [-0.2, -0.15) is 0 Å². The number of hydrogen-bond donors (Lipinski definition) is 1. The molecule has 210 valence electrons. The zero-order chi connectivity index (χ0) is 29.8. The first-order valence-electron chi connectivity index (χ1n) is 14.3. The van der Waals surface area contributed by atoms with Gasteiger partial charge in [0.15, 0.2) is 0 Å². The van der Waals surface area contributed by atoms with Crippen molar-refractivity contribution in [3.05, 3.63) is 165 Å². The molecule has 0 aromatic heterocycles. The fraction of sp³-hybridized carbons (Fsp3) is 0.154. The molecule has 0 radical (unpaired) electrons. The number of rotatable bonds is 8. The Hall–Kier alpha value is -4.89. The van der Waals surface area contributed by atoms with Crippen LogP contribution in [0.2, 0.25) is 0 Å². The number of nitrogens with zero attached hydrogens (tertiary/aromatic N) is 1. The predicted octanol–water partition coefficient (Wildman–Crippen LogP) is 9.98. The molecule has 3 heteroatoms. The average molecular weight is 552 g/mol. The minimum atomic E-state index is -0.958. The number of hydrogen-bond acceptors (Lipinski definition) is 2. The van der Waals surface area contributed by atoms with Crippen molar-refractivity contribution in [2.45, 2.75) is 40.5 Å². The standard InChI is InChI=1S/C39H37NO2/c1-26-6-13-35(14-7-26)40(36-15-8-31(9-16-36)10-19-38(41)42)37-17-11-32(12-18-37)39(33-22-27(2)20-28(3)23-33)34-24-29(4)21-30(5)25-34/h6-25,39H,1-5H3,(H,41,42)/b19-10+. The molecule has 0 saturated carbocycles. The van der Waals surface area contributed by atoms with Gasteiger partial charge in [-0.15, -0.1) is 0 Å². The minimum absolute atomic E-state index is 0.115. The van der Waals surface area contributed by atoms with E-state index in [-0.39, 0.29) is 5.92 Å². The maximum absolute atomic E-state index is 11.0. The van der Waals surface area contributed by atoms with E-state index in [1.54, 1.807) is 6.08 Å². The maximum Gasteiger partial charge on any atom is 0.328 e. The molecule has 0 atom stereocenters. The van der Waals surface area contributed by atoms with Crippen molar-refractivity contribution >= 4 is 29.1 Å². The summed E-state index contributed by atoms with van der Waals surface area (Å²) in [5.74, 6) is -0.843. The zero-order valence-electron chi connectivity index (χ0n) is 24.9. The lowest BCUT2D eigenvalue weighted by molar-refractivity contribution is -0.131. The Balaban J connectivity index is 1.59. The van der Waals surface area contributed by atoms with E-state index in [2.05, 4.69) is 124 Å². The monoisotopic (exact) mass is 551 g/mol. The summed E-state index contributed by atoms with van der Waals surface area (Å²) in [7, 11) is 0. The van der Waals surface area contributed by atoms with E-state index in [4.69, 9.17) is 5.11 Å². The van der Waals surface area contributed by atoms with E-state index >= 15 is 0 Å². The molecule has 0 amide bonds. The van der Waals surface area contributed by atoms with Crippen LogP contribution in [0.1, 0.15) is 56.0 Å². The number of carbonyl (C=O) groups is 1. The van der Waals surface area contributed by atoms with Gasteiger partial charge in [0.1, 0.15) is 0 Å². The molecule has 0 spiro atoms. The molecular weight excluding hydrogens is 514 g/mol. The van der Waals surface area contributed by atoms with Gasteiger partial charge in [-0.25, -0.2) is 4.79 Å². The lowest BCUT2D eigenvalue weighted by Gasteiger charge is -2.27. The number of benzene rings is 5. The van der Waals surface area contributed by atoms with Gasteiger partial charge in [0.25, 0.3) is 0 Å². The lowest BCUT2D eigenvalue weighted by atomic mass is 9.83. The molecule has 0 aliphatic carbocycles. The molecule has 5 aromatic rings. The van der Waals surface area contributed by atoms with Gasteiger partial charge in [0.05, 0.1) is 0 Å². The Labute approximate surface area is 249 Å². The van der Waals surface area contributed by atoms with Gasteiger partial charge in [-0.3, -0.25) is 0 Å². The molecule has 0 heterocycles. The van der Waals surface area contributed by atoms with Crippen LogP contribution >= 0.6 is 0 Å². The molecule has 0 unspecified atom stereocenters. The highest BCUT2D eigenvalue weighted by Gasteiger charge is 2.20. The molecule has 5 aromatic carbocycles. The van der Waals surface area contributed by atoms with E-state index in [1.807, 2.05) is 24.3 Å². The molecule has 0 aliphatic heterocycles. The molecule has 1 N–H and O–H groups in total. The van der Waals surface area contributed by atoms with E-state index in [1.165, 1.54) is 44.5 Å². The van der Waals surface area contributed by atoms with Crippen LogP contribution in [-0.4, -0.2) is 11.1 Å². The Kier molecular flexibility index (Phi) is 8.40. The van der Waals surface area contributed by atoms with Gasteiger partial charge in [-0.1, -0.05) is 101 Å². The molecule has 0 saturated heterocycles. The van der Waals surface area contributed by atoms with Gasteiger partial charge < -0.3 is 10.0 Å². The Bertz CT molecular complexity index is 1640. The summed E-state index contributed by atoms with van der Waals surface area (Å²) in [6.07, 6.45) is 2.77. The second kappa shape index (κ2) is 12.3. The van der Waals surface area contributed by atoms with Gasteiger partial charge in [-0.05, 0) is 99.3 Å². The summed E-state index contributed by atoms with van der Waals surface area (Å²) >= 11 is 0. The minimum Gasteiger partial charge on any atom is -0.478 e. The topological polar surface area (TPSA) is 40.5 Å². The zero-order valence-corrected chi connectivity index (χ0v) is 24.9. The molecule has 3 nitrogen and oxygen atoms in total. The van der Waals surface area contributed by atoms with Crippen LogP contribution in [0.5, 0.6) is 0 Å². The van der Waals surface area contributed by atoms with E-state index in [0.29, 0.717) is 0 Å². The van der Waals surface area contributed by atoms with Crippen molar-refractivity contribution in [3.8, 4) is 0 Å². The Morgan fingerprint density at radius 1 is 0.548 bits per heavy atom. The van der Waals surface area contributed by atoms with Crippen molar-refractivity contribution < 1.29 is 9.90 Å². The summed E-state index contributed by atoms with van der Waals surface area (Å²) < 4.78 is 0. The van der Waals surface area contributed by atoms with Crippen molar-refractivity contribution in [1.82, 2.24) is 0 Å². The van der Waals surface area contributed by atoms with E-state index in [0.717, 1.165) is 28.7 Å². The second-order valence-electron chi connectivity index (χ2n) is 11.3. The fourth-order valence-corrected chi connectivity index (χ4v) is 5.79. The number of aliphatic carboxylic acids is 1. The smallest absolute Gasteiger partial charge is 0.328 e. The number of carboxylic acid groups (broad SMARTS) is 1. The quantitative estimate of drug-likeness (QED) is 0.154. The molecular formula is C39H37NO2. The second-order valence-corrected chi connectivity index (χ2v) is 11.3. The number of carboxylic acids is 1. The van der Waals surface area contributed by atoms with Crippen LogP contribution < -0.4 is 4.90 Å². The Morgan fingerprint density at radius 2 is 0.952 bits per heavy atom. The van der Waals surface area contributed by atoms with E-state index < -0.39 is 5.97 Å². The predicted molar refractivity (Wildman–Crippen MR) is 175 cm³/mol. The SMILES string of the molecule is Cc1ccc(N(c2ccc(/C=C/C(=O)O)cc2)c2ccc(C(c3cc(C)cc(C)c3)c3cc(C)cc(C)c3)cc2)cc1. The summed E-state index contributed by atoms with van der Waals surface area (Å²) in [4.78, 5) is 13.2. The van der Waals surface area contributed by atoms with E-state index in [9.17, 15) is 4.79 Å². The third-order valence-electron chi connectivity index (χ3n) is 7.50. The summed E-state index contributed by atoms with van der Waals surface area (Å²) in [5, 5.41) is 9.00. The normalized spacial score (nSPS) is 11.3.